The second-order valence-corrected chi connectivity index (χ2v) is 4.11. The van der Waals surface area contributed by atoms with E-state index in [4.69, 9.17) is 28.5 Å². The van der Waals surface area contributed by atoms with Crippen molar-refractivity contribution in [1.29, 1.82) is 5.26 Å². The van der Waals surface area contributed by atoms with Crippen LogP contribution in [0.4, 0.5) is 0 Å². The molecule has 0 saturated heterocycles. The third-order valence-corrected chi connectivity index (χ3v) is 2.98. The maximum absolute atomic E-state index is 8.93. The second-order valence-electron chi connectivity index (χ2n) is 3.29. The number of rotatable bonds is 1. The first-order chi connectivity index (χ1) is 7.63. The minimum absolute atomic E-state index is 0.376. The Kier molecular flexibility index (Phi) is 2.86. The van der Waals surface area contributed by atoms with E-state index in [0.29, 0.717) is 15.7 Å². The summed E-state index contributed by atoms with van der Waals surface area (Å²) in [5, 5.41) is 9.89. The summed E-state index contributed by atoms with van der Waals surface area (Å²) in [6.07, 6.45) is 1.59. The second kappa shape index (κ2) is 4.17. The molecule has 1 aromatic carbocycles. The van der Waals surface area contributed by atoms with Crippen LogP contribution >= 0.6 is 23.2 Å². The summed E-state index contributed by atoms with van der Waals surface area (Å²) >= 11 is 11.8. The normalized spacial score (nSPS) is 10.1. The Bertz CT molecular complexity index is 581. The minimum atomic E-state index is 0.376. The molecule has 1 aromatic heterocycles. The van der Waals surface area contributed by atoms with Crippen molar-refractivity contribution in [2.45, 2.75) is 0 Å². The van der Waals surface area contributed by atoms with Crippen LogP contribution in [0.1, 0.15) is 5.69 Å². The average molecular weight is 252 g/mol. The highest BCUT2D eigenvalue weighted by Crippen LogP contribution is 2.29. The molecule has 2 aromatic rings. The predicted octanol–water partition coefficient (Wildman–Crippen LogP) is 3.27. The number of nitrogens with zero attached hydrogens (tertiary/aromatic N) is 3. The van der Waals surface area contributed by atoms with Crippen LogP contribution < -0.4 is 0 Å². The Morgan fingerprint density at radius 2 is 2.06 bits per heavy atom. The van der Waals surface area contributed by atoms with E-state index in [9.17, 15) is 0 Å². The number of hydrogen-bond donors (Lipinski definition) is 0. The van der Waals surface area contributed by atoms with Gasteiger partial charge in [0.05, 0.1) is 22.1 Å². The van der Waals surface area contributed by atoms with E-state index in [1.54, 1.807) is 23.0 Å². The molecular weight excluding hydrogens is 245 g/mol. The lowest BCUT2D eigenvalue weighted by Crippen LogP contribution is -1.91. The first-order valence-corrected chi connectivity index (χ1v) is 5.26. The van der Waals surface area contributed by atoms with Gasteiger partial charge >= 0.3 is 0 Å². The van der Waals surface area contributed by atoms with Crippen LogP contribution in [-0.4, -0.2) is 9.55 Å². The van der Waals surface area contributed by atoms with Crippen LogP contribution in [0.15, 0.2) is 24.5 Å². The van der Waals surface area contributed by atoms with Gasteiger partial charge in [0.1, 0.15) is 6.07 Å². The van der Waals surface area contributed by atoms with Gasteiger partial charge in [0.15, 0.2) is 5.69 Å². The number of aromatic nitrogens is 2. The Balaban J connectivity index is 2.63. The molecule has 0 radical (unpaired) electrons. The smallest absolute Gasteiger partial charge is 0.166 e. The zero-order chi connectivity index (χ0) is 11.7. The molecular formula is C11H7Cl2N3. The average Bonchev–Trinajstić information content (AvgIpc) is 2.64. The van der Waals surface area contributed by atoms with Crippen LogP contribution in [0.5, 0.6) is 0 Å². The topological polar surface area (TPSA) is 41.6 Å². The highest BCUT2D eigenvalue weighted by Gasteiger charge is 2.11. The fourth-order valence-electron chi connectivity index (χ4n) is 1.50. The molecule has 0 aliphatic rings. The fourth-order valence-corrected chi connectivity index (χ4v) is 1.79. The van der Waals surface area contributed by atoms with Crippen molar-refractivity contribution >= 4 is 23.2 Å². The van der Waals surface area contributed by atoms with Crippen LogP contribution in [0, 0.1) is 11.3 Å². The number of hydrogen-bond acceptors (Lipinski definition) is 2. The zero-order valence-electron chi connectivity index (χ0n) is 8.41. The number of aryl methyl sites for hydroxylation is 1. The van der Waals surface area contributed by atoms with Crippen LogP contribution in [0.3, 0.4) is 0 Å². The lowest BCUT2D eigenvalue weighted by molar-refractivity contribution is 0.921. The SMILES string of the molecule is Cn1cnc(C#N)c1-c1ccc(Cl)c(Cl)c1. The summed E-state index contributed by atoms with van der Waals surface area (Å²) in [4.78, 5) is 3.99. The van der Waals surface area contributed by atoms with Gasteiger partial charge in [-0.15, -0.1) is 0 Å². The number of imidazole rings is 1. The molecule has 0 aliphatic heterocycles. The Morgan fingerprint density at radius 1 is 1.31 bits per heavy atom. The first-order valence-electron chi connectivity index (χ1n) is 4.50. The standard InChI is InChI=1S/C11H7Cl2N3/c1-16-6-15-10(5-14)11(16)7-2-3-8(12)9(13)4-7/h2-4,6H,1H3. The number of halogens is 2. The molecule has 3 nitrogen and oxygen atoms in total. The Labute approximate surface area is 103 Å². The Morgan fingerprint density at radius 3 is 2.69 bits per heavy atom. The molecule has 80 valence electrons. The van der Waals surface area contributed by atoms with Gasteiger partial charge in [0.25, 0.3) is 0 Å². The van der Waals surface area contributed by atoms with E-state index < -0.39 is 0 Å². The molecule has 0 spiro atoms. The fraction of sp³-hybridized carbons (Fsp3) is 0.0909. The van der Waals surface area contributed by atoms with Crippen molar-refractivity contribution in [2.75, 3.05) is 0 Å². The molecule has 0 fully saturated rings. The van der Waals surface area contributed by atoms with Crippen LogP contribution in [-0.2, 0) is 7.05 Å². The van der Waals surface area contributed by atoms with E-state index >= 15 is 0 Å². The van der Waals surface area contributed by atoms with E-state index in [0.717, 1.165) is 11.3 Å². The summed E-state index contributed by atoms with van der Waals surface area (Å²) in [5.41, 5.74) is 1.94. The predicted molar refractivity (Wildman–Crippen MR) is 63.4 cm³/mol. The monoisotopic (exact) mass is 251 g/mol. The lowest BCUT2D eigenvalue weighted by atomic mass is 10.1. The van der Waals surface area contributed by atoms with E-state index in [1.165, 1.54) is 0 Å². The summed E-state index contributed by atoms with van der Waals surface area (Å²) in [6, 6.07) is 7.28. The molecule has 2 rings (SSSR count). The van der Waals surface area contributed by atoms with Crippen LogP contribution in [0.25, 0.3) is 11.3 Å². The van der Waals surface area contributed by atoms with Crippen molar-refractivity contribution in [3.63, 3.8) is 0 Å². The number of nitriles is 1. The molecule has 0 unspecified atom stereocenters. The highest BCUT2D eigenvalue weighted by molar-refractivity contribution is 6.42. The van der Waals surface area contributed by atoms with Gasteiger partial charge in [-0.2, -0.15) is 5.26 Å². The summed E-state index contributed by atoms with van der Waals surface area (Å²) in [7, 11) is 1.83. The molecule has 16 heavy (non-hydrogen) atoms. The summed E-state index contributed by atoms with van der Waals surface area (Å²) < 4.78 is 1.78. The summed E-state index contributed by atoms with van der Waals surface area (Å²) in [6.45, 7) is 0. The van der Waals surface area contributed by atoms with Crippen molar-refractivity contribution in [2.24, 2.45) is 7.05 Å². The molecule has 5 heteroatoms. The van der Waals surface area contributed by atoms with Gasteiger partial charge in [0, 0.05) is 12.6 Å². The van der Waals surface area contributed by atoms with E-state index in [1.807, 2.05) is 19.2 Å². The van der Waals surface area contributed by atoms with Crippen molar-refractivity contribution in [3.8, 4) is 17.3 Å². The lowest BCUT2D eigenvalue weighted by Gasteiger charge is -2.04. The third-order valence-electron chi connectivity index (χ3n) is 2.24. The Hall–Kier alpha value is -1.50. The first kappa shape index (κ1) is 11.0. The van der Waals surface area contributed by atoms with Gasteiger partial charge in [-0.3, -0.25) is 0 Å². The molecule has 0 atom stereocenters. The van der Waals surface area contributed by atoms with E-state index in [2.05, 4.69) is 4.98 Å². The van der Waals surface area contributed by atoms with Gasteiger partial charge < -0.3 is 4.57 Å². The van der Waals surface area contributed by atoms with Crippen molar-refractivity contribution in [3.05, 3.63) is 40.3 Å². The van der Waals surface area contributed by atoms with Crippen molar-refractivity contribution < 1.29 is 0 Å². The molecule has 0 bridgehead atoms. The quantitative estimate of drug-likeness (QED) is 0.781. The van der Waals surface area contributed by atoms with Gasteiger partial charge in [-0.25, -0.2) is 4.98 Å². The van der Waals surface area contributed by atoms with Crippen molar-refractivity contribution in [1.82, 2.24) is 9.55 Å². The summed E-state index contributed by atoms with van der Waals surface area (Å²) in [5.74, 6) is 0. The molecule has 0 amide bonds. The zero-order valence-corrected chi connectivity index (χ0v) is 9.92. The van der Waals surface area contributed by atoms with Gasteiger partial charge in [-0.1, -0.05) is 29.3 Å². The van der Waals surface area contributed by atoms with Gasteiger partial charge in [-0.05, 0) is 12.1 Å². The maximum Gasteiger partial charge on any atom is 0.166 e. The molecule has 0 N–H and O–H groups in total. The molecule has 1 heterocycles. The largest absolute Gasteiger partial charge is 0.333 e. The highest BCUT2D eigenvalue weighted by atomic mass is 35.5. The minimum Gasteiger partial charge on any atom is -0.333 e. The maximum atomic E-state index is 8.93. The number of benzene rings is 1. The third kappa shape index (κ3) is 1.78. The van der Waals surface area contributed by atoms with E-state index in [-0.39, 0.29) is 0 Å². The molecule has 0 saturated carbocycles. The molecule has 0 aliphatic carbocycles. The van der Waals surface area contributed by atoms with Crippen LogP contribution in [0.2, 0.25) is 10.0 Å². The van der Waals surface area contributed by atoms with Gasteiger partial charge in [0.2, 0.25) is 0 Å².